The Kier molecular flexibility index (Phi) is 5.46. The molecule has 0 bridgehead atoms. The van der Waals surface area contributed by atoms with Gasteiger partial charge in [-0.3, -0.25) is 4.79 Å². The van der Waals surface area contributed by atoms with Crippen LogP contribution in [0.5, 0.6) is 0 Å². The molecule has 0 unspecified atom stereocenters. The Balaban J connectivity index is 1.39. The molecule has 8 nitrogen and oxygen atoms in total. The van der Waals surface area contributed by atoms with Crippen molar-refractivity contribution in [3.63, 3.8) is 0 Å². The van der Waals surface area contributed by atoms with Gasteiger partial charge in [0.2, 0.25) is 10.0 Å². The molecule has 0 atom stereocenters. The molecule has 2 aliphatic rings. The SMILES string of the molecule is CS(=O)(=O)N1CCC(CNC(=O)c2cc(C3CC3)nc3onc(-c4ccccc4)c23)CC1. The maximum Gasteiger partial charge on any atom is 0.259 e. The highest BCUT2D eigenvalue weighted by atomic mass is 32.2. The summed E-state index contributed by atoms with van der Waals surface area (Å²) in [5.41, 5.74) is 3.28. The highest BCUT2D eigenvalue weighted by Crippen LogP contribution is 2.41. The van der Waals surface area contributed by atoms with Gasteiger partial charge in [0, 0.05) is 36.8 Å². The molecule has 1 aliphatic carbocycles. The monoisotopic (exact) mass is 454 g/mol. The highest BCUT2D eigenvalue weighted by Gasteiger charge is 2.30. The third-order valence-corrected chi connectivity index (χ3v) is 7.65. The normalized spacial score (nSPS) is 18.2. The van der Waals surface area contributed by atoms with Crippen LogP contribution in [0, 0.1) is 5.92 Å². The van der Waals surface area contributed by atoms with Gasteiger partial charge in [0.05, 0.1) is 17.2 Å². The van der Waals surface area contributed by atoms with Crippen molar-refractivity contribution < 1.29 is 17.7 Å². The quantitative estimate of drug-likeness (QED) is 0.613. The lowest BCUT2D eigenvalue weighted by atomic mass is 9.97. The second-order valence-electron chi connectivity index (χ2n) is 8.76. The Hall–Kier alpha value is -2.78. The number of fused-ring (bicyclic) bond motifs is 1. The van der Waals surface area contributed by atoms with Crippen molar-refractivity contribution in [3.8, 4) is 11.3 Å². The van der Waals surface area contributed by atoms with Crippen LogP contribution in [0.2, 0.25) is 0 Å². The van der Waals surface area contributed by atoms with Crippen LogP contribution in [0.3, 0.4) is 0 Å². The van der Waals surface area contributed by atoms with Gasteiger partial charge in [-0.1, -0.05) is 35.5 Å². The summed E-state index contributed by atoms with van der Waals surface area (Å²) in [5.74, 6) is 0.440. The zero-order chi connectivity index (χ0) is 22.3. The van der Waals surface area contributed by atoms with Crippen LogP contribution in [0.25, 0.3) is 22.4 Å². The van der Waals surface area contributed by atoms with Crippen LogP contribution < -0.4 is 5.32 Å². The minimum absolute atomic E-state index is 0.176. The van der Waals surface area contributed by atoms with Gasteiger partial charge >= 0.3 is 0 Å². The molecule has 168 valence electrons. The van der Waals surface area contributed by atoms with Gasteiger partial charge in [-0.2, -0.15) is 0 Å². The Morgan fingerprint density at radius 2 is 1.88 bits per heavy atom. The first-order chi connectivity index (χ1) is 15.4. The number of nitrogens with one attached hydrogen (secondary N) is 1. The summed E-state index contributed by atoms with van der Waals surface area (Å²) in [6, 6.07) is 11.5. The molecule has 1 N–H and O–H groups in total. The van der Waals surface area contributed by atoms with Crippen molar-refractivity contribution in [3.05, 3.63) is 47.7 Å². The second kappa shape index (κ2) is 8.29. The van der Waals surface area contributed by atoms with Crippen molar-refractivity contribution >= 4 is 27.0 Å². The molecule has 1 amide bonds. The number of sulfonamides is 1. The van der Waals surface area contributed by atoms with E-state index in [0.29, 0.717) is 47.9 Å². The molecule has 0 radical (unpaired) electrons. The minimum atomic E-state index is -3.16. The van der Waals surface area contributed by atoms with Gasteiger partial charge in [-0.05, 0) is 37.7 Å². The number of nitrogens with zero attached hydrogens (tertiary/aromatic N) is 3. The zero-order valence-corrected chi connectivity index (χ0v) is 18.8. The van der Waals surface area contributed by atoms with Crippen molar-refractivity contribution in [2.45, 2.75) is 31.6 Å². The number of rotatable bonds is 6. The first-order valence-corrected chi connectivity index (χ1v) is 12.8. The number of amides is 1. The second-order valence-corrected chi connectivity index (χ2v) is 10.7. The van der Waals surface area contributed by atoms with Crippen molar-refractivity contribution in [1.82, 2.24) is 19.8 Å². The highest BCUT2D eigenvalue weighted by molar-refractivity contribution is 7.88. The smallest absolute Gasteiger partial charge is 0.259 e. The first-order valence-electron chi connectivity index (χ1n) is 11.0. The predicted octanol–water partition coefficient (Wildman–Crippen LogP) is 3.17. The lowest BCUT2D eigenvalue weighted by Crippen LogP contribution is -2.41. The summed E-state index contributed by atoms with van der Waals surface area (Å²) in [7, 11) is -3.16. The van der Waals surface area contributed by atoms with Gasteiger partial charge in [-0.15, -0.1) is 0 Å². The number of benzene rings is 1. The van der Waals surface area contributed by atoms with Gasteiger partial charge < -0.3 is 9.84 Å². The summed E-state index contributed by atoms with van der Waals surface area (Å²) in [5, 5.41) is 7.93. The maximum absolute atomic E-state index is 13.3. The van der Waals surface area contributed by atoms with Gasteiger partial charge in [0.25, 0.3) is 11.6 Å². The van der Waals surface area contributed by atoms with Crippen LogP contribution in [0.1, 0.15) is 47.7 Å². The largest absolute Gasteiger partial charge is 0.352 e. The third-order valence-electron chi connectivity index (χ3n) is 6.35. The van der Waals surface area contributed by atoms with Crippen LogP contribution >= 0.6 is 0 Å². The number of hydrogen-bond acceptors (Lipinski definition) is 6. The zero-order valence-electron chi connectivity index (χ0n) is 18.0. The topological polar surface area (TPSA) is 105 Å². The molecule has 32 heavy (non-hydrogen) atoms. The van der Waals surface area contributed by atoms with E-state index in [1.54, 1.807) is 0 Å². The molecular weight excluding hydrogens is 428 g/mol. The van der Waals surface area contributed by atoms with Crippen molar-refractivity contribution in [2.24, 2.45) is 5.92 Å². The van der Waals surface area contributed by atoms with Gasteiger partial charge in [0.15, 0.2) is 0 Å². The van der Waals surface area contributed by atoms with E-state index in [1.165, 1.54) is 10.6 Å². The standard InChI is InChI=1S/C23H26N4O4S/c1-32(29,30)27-11-9-15(10-12-27)14-24-22(28)18-13-19(16-7-8-16)25-23-20(18)21(26-31-23)17-5-3-2-4-6-17/h2-6,13,15-16H,7-12,14H2,1H3,(H,24,28). The molecule has 5 rings (SSSR count). The Morgan fingerprint density at radius 3 is 2.53 bits per heavy atom. The van der Waals surface area contributed by atoms with E-state index in [4.69, 9.17) is 4.52 Å². The van der Waals surface area contributed by atoms with E-state index in [1.807, 2.05) is 36.4 Å². The molecular formula is C23H26N4O4S. The molecule has 9 heteroatoms. The molecule has 2 aromatic heterocycles. The molecule has 3 heterocycles. The lowest BCUT2D eigenvalue weighted by Gasteiger charge is -2.30. The Morgan fingerprint density at radius 1 is 1.16 bits per heavy atom. The molecule has 1 saturated heterocycles. The van der Waals surface area contributed by atoms with Crippen LogP contribution in [-0.2, 0) is 10.0 Å². The van der Waals surface area contributed by atoms with E-state index in [0.717, 1.165) is 36.9 Å². The van der Waals surface area contributed by atoms with E-state index < -0.39 is 10.0 Å². The Labute approximate surface area is 187 Å². The Bertz CT molecular complexity index is 1240. The molecule has 0 spiro atoms. The van der Waals surface area contributed by atoms with E-state index in [2.05, 4.69) is 15.5 Å². The van der Waals surface area contributed by atoms with Gasteiger partial charge in [-0.25, -0.2) is 17.7 Å². The number of carbonyl (C=O) groups excluding carboxylic acids is 1. The van der Waals surface area contributed by atoms with Crippen LogP contribution in [0.15, 0.2) is 40.9 Å². The fourth-order valence-electron chi connectivity index (χ4n) is 4.31. The number of aromatic nitrogens is 2. The van der Waals surface area contributed by atoms with E-state index in [-0.39, 0.29) is 11.8 Å². The fourth-order valence-corrected chi connectivity index (χ4v) is 5.18. The summed E-state index contributed by atoms with van der Waals surface area (Å²) in [6.07, 6.45) is 4.84. The average molecular weight is 455 g/mol. The predicted molar refractivity (Wildman–Crippen MR) is 121 cm³/mol. The number of hydrogen-bond donors (Lipinski definition) is 1. The molecule has 2 fully saturated rings. The average Bonchev–Trinajstić information content (AvgIpc) is 3.56. The molecule has 1 aliphatic heterocycles. The molecule has 3 aromatic rings. The fraction of sp³-hybridized carbons (Fsp3) is 0.435. The van der Waals surface area contributed by atoms with Gasteiger partial charge in [0.1, 0.15) is 5.69 Å². The summed E-state index contributed by atoms with van der Waals surface area (Å²) < 4.78 is 30.5. The van der Waals surface area contributed by atoms with Crippen LogP contribution in [-0.4, -0.2) is 54.7 Å². The summed E-state index contributed by atoms with van der Waals surface area (Å²) >= 11 is 0. The first kappa shape index (κ1) is 21.1. The summed E-state index contributed by atoms with van der Waals surface area (Å²) in [6.45, 7) is 1.49. The third kappa shape index (κ3) is 4.27. The molecule has 1 saturated carbocycles. The number of piperidine rings is 1. The minimum Gasteiger partial charge on any atom is -0.352 e. The van der Waals surface area contributed by atoms with E-state index in [9.17, 15) is 13.2 Å². The number of carbonyl (C=O) groups is 1. The lowest BCUT2D eigenvalue weighted by molar-refractivity contribution is 0.0943. The maximum atomic E-state index is 13.3. The van der Waals surface area contributed by atoms with E-state index >= 15 is 0 Å². The summed E-state index contributed by atoms with van der Waals surface area (Å²) in [4.78, 5) is 17.9. The van der Waals surface area contributed by atoms with Crippen molar-refractivity contribution in [1.29, 1.82) is 0 Å². The molecule has 1 aromatic carbocycles. The number of pyridine rings is 1. The van der Waals surface area contributed by atoms with Crippen molar-refractivity contribution in [2.75, 3.05) is 25.9 Å². The van der Waals surface area contributed by atoms with Crippen LogP contribution in [0.4, 0.5) is 0 Å².